The molecule has 0 unspecified atom stereocenters. The highest BCUT2D eigenvalue weighted by atomic mass is 79.9. The standard InChI is InChI=1S/C11H11BrN2O2/c12-9-3-1-2-8(6-9)11(16)14-5-4-13-10(15)7-14/h1-3,6H,4-5,7H2,(H,13,15). The van der Waals surface area contributed by atoms with Crippen molar-refractivity contribution >= 4 is 27.7 Å². The molecule has 2 amide bonds. The number of nitrogens with one attached hydrogen (secondary N) is 1. The van der Waals surface area contributed by atoms with Crippen LogP contribution < -0.4 is 5.32 Å². The first kappa shape index (κ1) is 11.1. The number of carbonyl (C=O) groups excluding carboxylic acids is 2. The number of piperazine rings is 1. The van der Waals surface area contributed by atoms with E-state index in [0.717, 1.165) is 4.47 Å². The van der Waals surface area contributed by atoms with Crippen LogP contribution in [0.3, 0.4) is 0 Å². The molecule has 1 heterocycles. The lowest BCUT2D eigenvalue weighted by Gasteiger charge is -2.26. The maximum Gasteiger partial charge on any atom is 0.254 e. The molecule has 1 saturated heterocycles. The fourth-order valence-corrected chi connectivity index (χ4v) is 2.02. The molecule has 1 aliphatic rings. The highest BCUT2D eigenvalue weighted by Crippen LogP contribution is 2.13. The SMILES string of the molecule is O=C1CN(C(=O)c2cccc(Br)c2)CCN1. The summed E-state index contributed by atoms with van der Waals surface area (Å²) >= 11 is 3.32. The molecule has 0 saturated carbocycles. The third-order valence-electron chi connectivity index (χ3n) is 2.40. The first-order chi connectivity index (χ1) is 7.66. The average Bonchev–Trinajstić information content (AvgIpc) is 2.28. The molecule has 1 aromatic rings. The van der Waals surface area contributed by atoms with Crippen molar-refractivity contribution in [1.82, 2.24) is 10.2 Å². The van der Waals surface area contributed by atoms with Crippen LogP contribution in [-0.2, 0) is 4.79 Å². The molecule has 0 atom stereocenters. The van der Waals surface area contributed by atoms with Gasteiger partial charge in [-0.15, -0.1) is 0 Å². The summed E-state index contributed by atoms with van der Waals surface area (Å²) < 4.78 is 0.861. The second-order valence-corrected chi connectivity index (χ2v) is 4.50. The Bertz CT molecular complexity index is 434. The molecule has 1 N–H and O–H groups in total. The van der Waals surface area contributed by atoms with Crippen molar-refractivity contribution in [3.63, 3.8) is 0 Å². The lowest BCUT2D eigenvalue weighted by atomic mass is 10.2. The van der Waals surface area contributed by atoms with Gasteiger partial charge in [-0.1, -0.05) is 22.0 Å². The Morgan fingerprint density at radius 2 is 2.25 bits per heavy atom. The van der Waals surface area contributed by atoms with Gasteiger partial charge in [0.1, 0.15) is 0 Å². The van der Waals surface area contributed by atoms with Gasteiger partial charge in [0.15, 0.2) is 0 Å². The Hall–Kier alpha value is -1.36. The first-order valence-corrected chi connectivity index (χ1v) is 5.77. The molecule has 0 bridgehead atoms. The van der Waals surface area contributed by atoms with Gasteiger partial charge in [-0.2, -0.15) is 0 Å². The summed E-state index contributed by atoms with van der Waals surface area (Å²) in [6.45, 7) is 1.24. The monoisotopic (exact) mass is 282 g/mol. The lowest BCUT2D eigenvalue weighted by Crippen LogP contribution is -2.49. The number of carbonyl (C=O) groups is 2. The smallest absolute Gasteiger partial charge is 0.254 e. The van der Waals surface area contributed by atoms with E-state index in [1.165, 1.54) is 0 Å². The fraction of sp³-hybridized carbons (Fsp3) is 0.273. The van der Waals surface area contributed by atoms with Crippen molar-refractivity contribution in [1.29, 1.82) is 0 Å². The Labute approximate surface area is 102 Å². The van der Waals surface area contributed by atoms with E-state index >= 15 is 0 Å². The summed E-state index contributed by atoms with van der Waals surface area (Å²) in [5.41, 5.74) is 0.601. The van der Waals surface area contributed by atoms with Gasteiger partial charge in [-0.25, -0.2) is 0 Å². The van der Waals surface area contributed by atoms with Crippen molar-refractivity contribution in [3.8, 4) is 0 Å². The van der Waals surface area contributed by atoms with Crippen LogP contribution in [0.5, 0.6) is 0 Å². The minimum atomic E-state index is -0.102. The Kier molecular flexibility index (Phi) is 3.24. The predicted octanol–water partition coefficient (Wildman–Crippen LogP) is 1.02. The number of benzene rings is 1. The van der Waals surface area contributed by atoms with Gasteiger partial charge in [0, 0.05) is 23.1 Å². The molecule has 84 valence electrons. The van der Waals surface area contributed by atoms with Crippen LogP contribution >= 0.6 is 15.9 Å². The minimum Gasteiger partial charge on any atom is -0.353 e. The van der Waals surface area contributed by atoms with Gasteiger partial charge in [0.05, 0.1) is 6.54 Å². The Morgan fingerprint density at radius 3 is 2.94 bits per heavy atom. The van der Waals surface area contributed by atoms with Gasteiger partial charge in [0.25, 0.3) is 5.91 Å². The van der Waals surface area contributed by atoms with E-state index in [9.17, 15) is 9.59 Å². The normalized spacial score (nSPS) is 15.8. The zero-order chi connectivity index (χ0) is 11.5. The summed E-state index contributed by atoms with van der Waals surface area (Å²) in [5, 5.41) is 2.69. The van der Waals surface area contributed by atoms with Gasteiger partial charge in [-0.3, -0.25) is 9.59 Å². The number of amides is 2. The van der Waals surface area contributed by atoms with E-state index in [1.807, 2.05) is 6.07 Å². The van der Waals surface area contributed by atoms with Crippen molar-refractivity contribution in [2.24, 2.45) is 0 Å². The van der Waals surface area contributed by atoms with E-state index in [4.69, 9.17) is 0 Å². The minimum absolute atomic E-state index is 0.101. The molecule has 0 aliphatic carbocycles. The summed E-state index contributed by atoms with van der Waals surface area (Å²) in [6, 6.07) is 7.18. The molecule has 1 aromatic carbocycles. The topological polar surface area (TPSA) is 49.4 Å². The van der Waals surface area contributed by atoms with Crippen LogP contribution in [0, 0.1) is 0 Å². The van der Waals surface area contributed by atoms with Crippen LogP contribution in [0.2, 0.25) is 0 Å². The number of hydrogen-bond acceptors (Lipinski definition) is 2. The predicted molar refractivity (Wildman–Crippen MR) is 63.1 cm³/mol. The average molecular weight is 283 g/mol. The van der Waals surface area contributed by atoms with E-state index in [-0.39, 0.29) is 18.4 Å². The molecule has 0 aromatic heterocycles. The summed E-state index contributed by atoms with van der Waals surface area (Å²) in [4.78, 5) is 24.7. The van der Waals surface area contributed by atoms with Gasteiger partial charge in [-0.05, 0) is 18.2 Å². The molecule has 5 heteroatoms. The maximum atomic E-state index is 12.0. The van der Waals surface area contributed by atoms with E-state index in [0.29, 0.717) is 18.7 Å². The molecule has 1 fully saturated rings. The van der Waals surface area contributed by atoms with Crippen molar-refractivity contribution in [3.05, 3.63) is 34.3 Å². The molecule has 2 rings (SSSR count). The lowest BCUT2D eigenvalue weighted by molar-refractivity contribution is -0.123. The van der Waals surface area contributed by atoms with Crippen molar-refractivity contribution in [2.45, 2.75) is 0 Å². The highest BCUT2D eigenvalue weighted by molar-refractivity contribution is 9.10. The number of halogens is 1. The van der Waals surface area contributed by atoms with Gasteiger partial charge >= 0.3 is 0 Å². The Balaban J connectivity index is 2.15. The van der Waals surface area contributed by atoms with Crippen molar-refractivity contribution in [2.75, 3.05) is 19.6 Å². The van der Waals surface area contributed by atoms with E-state index in [1.54, 1.807) is 23.1 Å². The summed E-state index contributed by atoms with van der Waals surface area (Å²) in [5.74, 6) is -0.203. The third kappa shape index (κ3) is 2.41. The summed E-state index contributed by atoms with van der Waals surface area (Å²) in [6.07, 6.45) is 0. The zero-order valence-corrected chi connectivity index (χ0v) is 10.2. The quantitative estimate of drug-likeness (QED) is 0.836. The molecule has 4 nitrogen and oxygen atoms in total. The number of hydrogen-bond donors (Lipinski definition) is 1. The van der Waals surface area contributed by atoms with Gasteiger partial charge in [0.2, 0.25) is 5.91 Å². The highest BCUT2D eigenvalue weighted by Gasteiger charge is 2.21. The molecule has 0 spiro atoms. The van der Waals surface area contributed by atoms with Crippen LogP contribution in [0.25, 0.3) is 0 Å². The zero-order valence-electron chi connectivity index (χ0n) is 8.57. The molecule has 0 radical (unpaired) electrons. The molecular weight excluding hydrogens is 272 g/mol. The first-order valence-electron chi connectivity index (χ1n) is 4.98. The van der Waals surface area contributed by atoms with Crippen LogP contribution in [0.15, 0.2) is 28.7 Å². The molecule has 16 heavy (non-hydrogen) atoms. The van der Waals surface area contributed by atoms with E-state index < -0.39 is 0 Å². The fourth-order valence-electron chi connectivity index (χ4n) is 1.62. The van der Waals surface area contributed by atoms with Crippen LogP contribution in [-0.4, -0.2) is 36.3 Å². The Morgan fingerprint density at radius 1 is 1.44 bits per heavy atom. The second kappa shape index (κ2) is 4.65. The van der Waals surface area contributed by atoms with Gasteiger partial charge < -0.3 is 10.2 Å². The van der Waals surface area contributed by atoms with Crippen LogP contribution in [0.1, 0.15) is 10.4 Å². The van der Waals surface area contributed by atoms with E-state index in [2.05, 4.69) is 21.2 Å². The maximum absolute atomic E-state index is 12.0. The second-order valence-electron chi connectivity index (χ2n) is 3.59. The largest absolute Gasteiger partial charge is 0.353 e. The number of rotatable bonds is 1. The summed E-state index contributed by atoms with van der Waals surface area (Å²) in [7, 11) is 0. The molecule has 1 aliphatic heterocycles. The number of nitrogens with zero attached hydrogens (tertiary/aromatic N) is 1. The van der Waals surface area contributed by atoms with Crippen LogP contribution in [0.4, 0.5) is 0 Å². The molecular formula is C11H11BrN2O2. The van der Waals surface area contributed by atoms with Crippen molar-refractivity contribution < 1.29 is 9.59 Å². The third-order valence-corrected chi connectivity index (χ3v) is 2.89.